The maximum Gasteiger partial charge on any atom is 0.142 e. The number of aliphatic hydroxyl groups excluding tert-OH is 1. The van der Waals surface area contributed by atoms with Crippen LogP contribution in [0.1, 0.15) is 31.1 Å². The number of ether oxygens (including phenoxy) is 1. The van der Waals surface area contributed by atoms with E-state index in [9.17, 15) is 9.50 Å². The van der Waals surface area contributed by atoms with Crippen LogP contribution in [0.25, 0.3) is 0 Å². The maximum absolute atomic E-state index is 13.4. The largest absolute Gasteiger partial charge is 0.491 e. The lowest BCUT2D eigenvalue weighted by Gasteiger charge is -2.14. The van der Waals surface area contributed by atoms with Crippen molar-refractivity contribution in [3.63, 3.8) is 0 Å². The Bertz CT molecular complexity index is 582. The molecule has 0 aliphatic carbocycles. The monoisotopic (exact) mass is 294 g/mol. The fourth-order valence-corrected chi connectivity index (χ4v) is 1.99. The van der Waals surface area contributed by atoms with Crippen LogP contribution >= 0.6 is 11.6 Å². The van der Waals surface area contributed by atoms with E-state index >= 15 is 0 Å². The normalized spacial score (nSPS) is 12.5. The minimum Gasteiger partial charge on any atom is -0.491 e. The van der Waals surface area contributed by atoms with Crippen LogP contribution in [0.5, 0.6) is 5.75 Å². The highest BCUT2D eigenvalue weighted by atomic mass is 35.5. The molecular formula is C16H16ClFO2. The quantitative estimate of drug-likeness (QED) is 0.908. The first-order valence-corrected chi connectivity index (χ1v) is 6.75. The Balaban J connectivity index is 2.20. The predicted octanol–water partition coefficient (Wildman–Crippen LogP) is 4.35. The maximum atomic E-state index is 13.4. The van der Waals surface area contributed by atoms with Crippen molar-refractivity contribution in [1.82, 2.24) is 0 Å². The van der Waals surface area contributed by atoms with Crippen molar-refractivity contribution >= 4 is 11.6 Å². The van der Waals surface area contributed by atoms with Gasteiger partial charge >= 0.3 is 0 Å². The second-order valence-electron chi connectivity index (χ2n) is 4.81. The highest BCUT2D eigenvalue weighted by Gasteiger charge is 2.12. The van der Waals surface area contributed by atoms with E-state index in [0.29, 0.717) is 11.1 Å². The fraction of sp³-hybridized carbons (Fsp3) is 0.250. The van der Waals surface area contributed by atoms with Crippen molar-refractivity contribution in [2.45, 2.75) is 26.1 Å². The molecule has 0 radical (unpaired) electrons. The summed E-state index contributed by atoms with van der Waals surface area (Å²) in [6.07, 6.45) is -0.800. The summed E-state index contributed by atoms with van der Waals surface area (Å²) in [6, 6.07) is 11.4. The first kappa shape index (κ1) is 14.8. The van der Waals surface area contributed by atoms with E-state index in [0.717, 1.165) is 5.75 Å². The third kappa shape index (κ3) is 3.50. The number of aliphatic hydroxyl groups is 1. The molecule has 2 aromatic rings. The lowest BCUT2D eigenvalue weighted by molar-refractivity contribution is 0.219. The summed E-state index contributed by atoms with van der Waals surface area (Å²) < 4.78 is 18.9. The molecule has 0 bridgehead atoms. The van der Waals surface area contributed by atoms with E-state index in [1.54, 1.807) is 30.3 Å². The Labute approximate surface area is 122 Å². The Morgan fingerprint density at radius 2 is 1.65 bits per heavy atom. The Kier molecular flexibility index (Phi) is 4.63. The molecule has 1 atom stereocenters. The Hall–Kier alpha value is -1.58. The number of hydrogen-bond acceptors (Lipinski definition) is 2. The summed E-state index contributed by atoms with van der Waals surface area (Å²) in [5, 5.41) is 10.3. The highest BCUT2D eigenvalue weighted by molar-refractivity contribution is 6.30. The molecule has 1 N–H and O–H groups in total. The standard InChI is InChI=1S/C16H16ClFO2/c1-10(2)20-13-6-3-11(4-7-13)16(19)12-5-8-14(17)15(18)9-12/h3-10,16,19H,1-2H3. The third-order valence-corrected chi connectivity index (χ3v) is 3.13. The summed E-state index contributed by atoms with van der Waals surface area (Å²) >= 11 is 5.63. The molecule has 0 amide bonds. The highest BCUT2D eigenvalue weighted by Crippen LogP contribution is 2.26. The summed E-state index contributed by atoms with van der Waals surface area (Å²) in [7, 11) is 0. The van der Waals surface area contributed by atoms with Crippen LogP contribution in [0, 0.1) is 5.82 Å². The van der Waals surface area contributed by atoms with Gasteiger partial charge in [0.15, 0.2) is 0 Å². The molecule has 0 spiro atoms. The second-order valence-corrected chi connectivity index (χ2v) is 5.22. The van der Waals surface area contributed by atoms with Crippen molar-refractivity contribution in [2.75, 3.05) is 0 Å². The van der Waals surface area contributed by atoms with E-state index in [1.165, 1.54) is 12.1 Å². The first-order valence-electron chi connectivity index (χ1n) is 6.37. The van der Waals surface area contributed by atoms with E-state index < -0.39 is 11.9 Å². The Morgan fingerprint density at radius 1 is 1.05 bits per heavy atom. The van der Waals surface area contributed by atoms with Crippen molar-refractivity contribution in [1.29, 1.82) is 0 Å². The Morgan fingerprint density at radius 3 is 2.20 bits per heavy atom. The lowest BCUT2D eigenvalue weighted by Crippen LogP contribution is -2.06. The van der Waals surface area contributed by atoms with Gasteiger partial charge in [0, 0.05) is 0 Å². The van der Waals surface area contributed by atoms with Gasteiger partial charge in [0.05, 0.1) is 11.1 Å². The lowest BCUT2D eigenvalue weighted by atomic mass is 10.0. The number of benzene rings is 2. The van der Waals surface area contributed by atoms with Crippen LogP contribution in [0.15, 0.2) is 42.5 Å². The molecule has 0 saturated heterocycles. The zero-order chi connectivity index (χ0) is 14.7. The summed E-state index contributed by atoms with van der Waals surface area (Å²) in [5.74, 6) is 0.196. The third-order valence-electron chi connectivity index (χ3n) is 2.83. The van der Waals surface area contributed by atoms with Crippen LogP contribution in [0.3, 0.4) is 0 Å². The SMILES string of the molecule is CC(C)Oc1ccc(C(O)c2ccc(Cl)c(F)c2)cc1. The van der Waals surface area contributed by atoms with Crippen molar-refractivity contribution in [2.24, 2.45) is 0 Å². The van der Waals surface area contributed by atoms with Gasteiger partial charge in [0.25, 0.3) is 0 Å². The minimum absolute atomic E-state index is 0.0432. The fourth-order valence-electron chi connectivity index (χ4n) is 1.88. The smallest absolute Gasteiger partial charge is 0.142 e. The second kappa shape index (κ2) is 6.25. The molecule has 0 aromatic heterocycles. The number of halogens is 2. The van der Waals surface area contributed by atoms with Gasteiger partial charge in [-0.15, -0.1) is 0 Å². The van der Waals surface area contributed by atoms with Gasteiger partial charge in [-0.1, -0.05) is 29.8 Å². The van der Waals surface area contributed by atoms with E-state index in [-0.39, 0.29) is 11.1 Å². The van der Waals surface area contributed by atoms with Crippen molar-refractivity contribution in [3.8, 4) is 5.75 Å². The molecule has 4 heteroatoms. The molecule has 0 fully saturated rings. The van der Waals surface area contributed by atoms with Gasteiger partial charge in [-0.25, -0.2) is 4.39 Å². The topological polar surface area (TPSA) is 29.5 Å². The molecule has 0 saturated carbocycles. The van der Waals surface area contributed by atoms with Crippen LogP contribution < -0.4 is 4.74 Å². The molecule has 20 heavy (non-hydrogen) atoms. The van der Waals surface area contributed by atoms with E-state index in [1.807, 2.05) is 13.8 Å². The first-order chi connectivity index (χ1) is 9.47. The molecule has 1 unspecified atom stereocenters. The molecule has 0 aliphatic rings. The van der Waals surface area contributed by atoms with Gasteiger partial charge < -0.3 is 9.84 Å². The summed E-state index contributed by atoms with van der Waals surface area (Å²) in [4.78, 5) is 0. The average Bonchev–Trinajstić information content (AvgIpc) is 2.41. The zero-order valence-corrected chi connectivity index (χ0v) is 12.1. The zero-order valence-electron chi connectivity index (χ0n) is 11.3. The van der Waals surface area contributed by atoms with Gasteiger partial charge in [0.1, 0.15) is 17.7 Å². The molecule has 0 heterocycles. The van der Waals surface area contributed by atoms with Gasteiger partial charge in [0.2, 0.25) is 0 Å². The van der Waals surface area contributed by atoms with Gasteiger partial charge in [-0.05, 0) is 49.2 Å². The molecule has 2 nitrogen and oxygen atoms in total. The average molecular weight is 295 g/mol. The van der Waals surface area contributed by atoms with Gasteiger partial charge in [-0.2, -0.15) is 0 Å². The summed E-state index contributed by atoms with van der Waals surface area (Å²) in [6.45, 7) is 3.89. The summed E-state index contributed by atoms with van der Waals surface area (Å²) in [5.41, 5.74) is 1.13. The molecule has 106 valence electrons. The van der Waals surface area contributed by atoms with Crippen molar-refractivity contribution in [3.05, 3.63) is 64.4 Å². The van der Waals surface area contributed by atoms with Crippen molar-refractivity contribution < 1.29 is 14.2 Å². The van der Waals surface area contributed by atoms with Crippen LogP contribution in [0.4, 0.5) is 4.39 Å². The van der Waals surface area contributed by atoms with Crippen LogP contribution in [-0.2, 0) is 0 Å². The molecule has 2 rings (SSSR count). The van der Waals surface area contributed by atoms with Crippen LogP contribution in [0.2, 0.25) is 5.02 Å². The number of hydrogen-bond donors (Lipinski definition) is 1. The molecule has 0 aliphatic heterocycles. The molecular weight excluding hydrogens is 279 g/mol. The number of rotatable bonds is 4. The predicted molar refractivity (Wildman–Crippen MR) is 77.7 cm³/mol. The van der Waals surface area contributed by atoms with E-state index in [2.05, 4.69) is 0 Å². The van der Waals surface area contributed by atoms with Crippen LogP contribution in [-0.4, -0.2) is 11.2 Å². The minimum atomic E-state index is -0.894. The van der Waals surface area contributed by atoms with Gasteiger partial charge in [-0.3, -0.25) is 0 Å². The van der Waals surface area contributed by atoms with E-state index in [4.69, 9.17) is 16.3 Å². The molecule has 2 aromatic carbocycles.